The maximum Gasteiger partial charge on any atom is 0.129 e. The molecule has 1 atom stereocenters. The number of nitrogens with zero attached hydrogens (tertiary/aromatic N) is 1. The molecule has 1 heterocycles. The van der Waals surface area contributed by atoms with Crippen LogP contribution in [0.2, 0.25) is 5.02 Å². The standard InChI is InChI=1S/C13H11ClF2N2O/c1-13(19,7-2-9(15)5-10(16)3-7)11-4-8(14)6-18-12(11)17/h2-6,19H,1H3,(H2,17,18). The molecule has 0 bridgehead atoms. The number of hydrogen-bond donors (Lipinski definition) is 2. The highest BCUT2D eigenvalue weighted by molar-refractivity contribution is 6.30. The summed E-state index contributed by atoms with van der Waals surface area (Å²) < 4.78 is 26.5. The van der Waals surface area contributed by atoms with Gasteiger partial charge in [0.15, 0.2) is 0 Å². The average Bonchev–Trinajstić information content (AvgIpc) is 2.31. The van der Waals surface area contributed by atoms with Gasteiger partial charge in [-0.2, -0.15) is 0 Å². The van der Waals surface area contributed by atoms with E-state index in [9.17, 15) is 13.9 Å². The van der Waals surface area contributed by atoms with Crippen LogP contribution in [0.4, 0.5) is 14.6 Å². The van der Waals surface area contributed by atoms with Gasteiger partial charge in [0, 0.05) is 17.8 Å². The summed E-state index contributed by atoms with van der Waals surface area (Å²) in [6, 6.07) is 4.19. The third-order valence-corrected chi connectivity index (χ3v) is 3.04. The fourth-order valence-corrected chi connectivity index (χ4v) is 1.99. The van der Waals surface area contributed by atoms with Crippen molar-refractivity contribution in [2.75, 3.05) is 5.73 Å². The zero-order chi connectivity index (χ0) is 14.2. The molecule has 0 saturated carbocycles. The summed E-state index contributed by atoms with van der Waals surface area (Å²) >= 11 is 5.80. The van der Waals surface area contributed by atoms with Crippen LogP contribution in [0.3, 0.4) is 0 Å². The third kappa shape index (κ3) is 2.67. The van der Waals surface area contributed by atoms with E-state index in [-0.39, 0.29) is 22.0 Å². The number of hydrogen-bond acceptors (Lipinski definition) is 3. The van der Waals surface area contributed by atoms with E-state index in [1.54, 1.807) is 0 Å². The smallest absolute Gasteiger partial charge is 0.129 e. The summed E-state index contributed by atoms with van der Waals surface area (Å²) in [5.41, 5.74) is 4.18. The molecule has 0 amide bonds. The molecule has 0 aliphatic carbocycles. The Morgan fingerprint density at radius 1 is 1.21 bits per heavy atom. The monoisotopic (exact) mass is 284 g/mol. The lowest BCUT2D eigenvalue weighted by atomic mass is 9.88. The van der Waals surface area contributed by atoms with E-state index in [1.165, 1.54) is 19.2 Å². The predicted molar refractivity (Wildman–Crippen MR) is 68.7 cm³/mol. The van der Waals surface area contributed by atoms with Gasteiger partial charge in [0.25, 0.3) is 0 Å². The van der Waals surface area contributed by atoms with Gasteiger partial charge in [-0.1, -0.05) is 11.6 Å². The van der Waals surface area contributed by atoms with E-state index >= 15 is 0 Å². The van der Waals surface area contributed by atoms with E-state index < -0.39 is 17.2 Å². The predicted octanol–water partition coefficient (Wildman–Crippen LogP) is 2.85. The lowest BCUT2D eigenvalue weighted by molar-refractivity contribution is 0.102. The van der Waals surface area contributed by atoms with Gasteiger partial charge in [-0.25, -0.2) is 13.8 Å². The normalized spacial score (nSPS) is 14.2. The molecule has 0 aliphatic heterocycles. The van der Waals surface area contributed by atoms with Gasteiger partial charge in [0.2, 0.25) is 0 Å². The molecule has 100 valence electrons. The molecule has 6 heteroatoms. The molecular formula is C13H11ClF2N2O. The Labute approximate surface area is 113 Å². The number of nitrogens with two attached hydrogens (primary N) is 1. The van der Waals surface area contributed by atoms with E-state index in [2.05, 4.69) is 4.98 Å². The summed E-state index contributed by atoms with van der Waals surface area (Å²) in [6.07, 6.45) is 1.32. The molecule has 0 saturated heterocycles. The number of halogens is 3. The Balaban J connectivity index is 2.60. The molecule has 1 aromatic carbocycles. The molecule has 0 spiro atoms. The Bertz CT molecular complexity index is 612. The molecular weight excluding hydrogens is 274 g/mol. The number of rotatable bonds is 2. The van der Waals surface area contributed by atoms with Gasteiger partial charge < -0.3 is 10.8 Å². The topological polar surface area (TPSA) is 59.1 Å². The lowest BCUT2D eigenvalue weighted by Gasteiger charge is -2.25. The molecule has 1 unspecified atom stereocenters. The van der Waals surface area contributed by atoms with Crippen LogP contribution in [0.15, 0.2) is 30.5 Å². The highest BCUT2D eigenvalue weighted by Gasteiger charge is 2.29. The maximum atomic E-state index is 13.2. The molecule has 19 heavy (non-hydrogen) atoms. The second-order valence-corrected chi connectivity index (χ2v) is 4.75. The highest BCUT2D eigenvalue weighted by atomic mass is 35.5. The van der Waals surface area contributed by atoms with Crippen molar-refractivity contribution >= 4 is 17.4 Å². The third-order valence-electron chi connectivity index (χ3n) is 2.83. The van der Waals surface area contributed by atoms with Crippen molar-refractivity contribution in [3.8, 4) is 0 Å². The van der Waals surface area contributed by atoms with E-state index in [0.29, 0.717) is 0 Å². The summed E-state index contributed by atoms with van der Waals surface area (Å²) in [5.74, 6) is -1.54. The van der Waals surface area contributed by atoms with Gasteiger partial charge >= 0.3 is 0 Å². The minimum atomic E-state index is -1.70. The highest BCUT2D eigenvalue weighted by Crippen LogP contribution is 2.34. The number of pyridine rings is 1. The van der Waals surface area contributed by atoms with Crippen LogP contribution >= 0.6 is 11.6 Å². The van der Waals surface area contributed by atoms with E-state index in [0.717, 1.165) is 18.2 Å². The van der Waals surface area contributed by atoms with E-state index in [4.69, 9.17) is 17.3 Å². The van der Waals surface area contributed by atoms with Crippen LogP contribution in [0.5, 0.6) is 0 Å². The maximum absolute atomic E-state index is 13.2. The van der Waals surface area contributed by atoms with Crippen molar-refractivity contribution < 1.29 is 13.9 Å². The van der Waals surface area contributed by atoms with Crippen molar-refractivity contribution in [3.63, 3.8) is 0 Å². The molecule has 0 fully saturated rings. The van der Waals surface area contributed by atoms with Crippen LogP contribution in [-0.4, -0.2) is 10.1 Å². The van der Waals surface area contributed by atoms with Crippen molar-refractivity contribution in [2.24, 2.45) is 0 Å². The van der Waals surface area contributed by atoms with Gasteiger partial charge in [-0.3, -0.25) is 0 Å². The van der Waals surface area contributed by atoms with Crippen LogP contribution in [0.25, 0.3) is 0 Å². The largest absolute Gasteiger partial charge is 0.383 e. The Morgan fingerprint density at radius 2 is 1.79 bits per heavy atom. The van der Waals surface area contributed by atoms with Crippen LogP contribution < -0.4 is 5.73 Å². The molecule has 0 radical (unpaired) electrons. The summed E-state index contributed by atoms with van der Waals surface area (Å²) in [6.45, 7) is 1.37. The summed E-state index contributed by atoms with van der Waals surface area (Å²) in [5, 5.41) is 10.8. The molecule has 1 aromatic heterocycles. The number of aliphatic hydroxyl groups is 1. The Kier molecular flexibility index (Phi) is 3.43. The fraction of sp³-hybridized carbons (Fsp3) is 0.154. The number of nitrogen functional groups attached to an aromatic ring is 1. The first kappa shape index (κ1) is 13.7. The zero-order valence-electron chi connectivity index (χ0n) is 9.99. The average molecular weight is 285 g/mol. The van der Waals surface area contributed by atoms with Crippen molar-refractivity contribution in [3.05, 3.63) is 58.2 Å². The van der Waals surface area contributed by atoms with Crippen LogP contribution in [0.1, 0.15) is 18.1 Å². The molecule has 2 aromatic rings. The first-order chi connectivity index (χ1) is 8.80. The Hall–Kier alpha value is -1.72. The SMILES string of the molecule is CC(O)(c1cc(F)cc(F)c1)c1cc(Cl)cnc1N. The van der Waals surface area contributed by atoms with Gasteiger partial charge in [0.05, 0.1) is 5.02 Å². The van der Waals surface area contributed by atoms with E-state index in [1.807, 2.05) is 0 Å². The van der Waals surface area contributed by atoms with Crippen LogP contribution in [0, 0.1) is 11.6 Å². The van der Waals surface area contributed by atoms with Gasteiger partial charge in [-0.15, -0.1) is 0 Å². The first-order valence-electron chi connectivity index (χ1n) is 5.41. The lowest BCUT2D eigenvalue weighted by Crippen LogP contribution is -2.25. The minimum Gasteiger partial charge on any atom is -0.383 e. The fourth-order valence-electron chi connectivity index (χ4n) is 1.83. The number of benzene rings is 1. The first-order valence-corrected chi connectivity index (χ1v) is 5.79. The van der Waals surface area contributed by atoms with Crippen molar-refractivity contribution in [1.82, 2.24) is 4.98 Å². The minimum absolute atomic E-state index is 0.0285. The van der Waals surface area contributed by atoms with Gasteiger partial charge in [-0.05, 0) is 30.7 Å². The Morgan fingerprint density at radius 3 is 2.37 bits per heavy atom. The second kappa shape index (κ2) is 4.75. The molecule has 2 rings (SSSR count). The van der Waals surface area contributed by atoms with Crippen molar-refractivity contribution in [2.45, 2.75) is 12.5 Å². The quantitative estimate of drug-likeness (QED) is 0.891. The summed E-state index contributed by atoms with van der Waals surface area (Å²) in [4.78, 5) is 3.81. The zero-order valence-corrected chi connectivity index (χ0v) is 10.7. The number of aromatic nitrogens is 1. The molecule has 0 aliphatic rings. The second-order valence-electron chi connectivity index (χ2n) is 4.32. The summed E-state index contributed by atoms with van der Waals surface area (Å²) in [7, 11) is 0. The van der Waals surface area contributed by atoms with Crippen molar-refractivity contribution in [1.29, 1.82) is 0 Å². The number of anilines is 1. The molecule has 3 nitrogen and oxygen atoms in total. The molecule has 3 N–H and O–H groups in total. The van der Waals surface area contributed by atoms with Gasteiger partial charge in [0.1, 0.15) is 23.1 Å². The van der Waals surface area contributed by atoms with Crippen LogP contribution in [-0.2, 0) is 5.60 Å².